The molecule has 0 atom stereocenters. The van der Waals surface area contributed by atoms with E-state index in [2.05, 4.69) is 5.43 Å². The first kappa shape index (κ1) is 17.5. The van der Waals surface area contributed by atoms with Gasteiger partial charge in [-0.1, -0.05) is 41.5 Å². The maximum atomic E-state index is 11.4. The first-order valence-electron chi connectivity index (χ1n) is 5.65. The van der Waals surface area contributed by atoms with Crippen molar-refractivity contribution in [3.63, 3.8) is 0 Å². The number of Topliss-reactive ketones (excluding diaryl/α,β-unsaturated/α-hetero) is 1. The molecular formula is C12H26N2O2. The molecule has 1 amide bonds. The van der Waals surface area contributed by atoms with Crippen LogP contribution >= 0.6 is 0 Å². The Morgan fingerprint density at radius 3 is 1.69 bits per heavy atom. The van der Waals surface area contributed by atoms with E-state index in [0.29, 0.717) is 6.42 Å². The smallest absolute Gasteiger partial charge is 0.239 e. The van der Waals surface area contributed by atoms with Crippen molar-refractivity contribution < 1.29 is 9.59 Å². The van der Waals surface area contributed by atoms with E-state index in [0.717, 1.165) is 0 Å². The predicted octanol–water partition coefficient (Wildman–Crippen LogP) is 2.03. The van der Waals surface area contributed by atoms with Crippen molar-refractivity contribution in [2.24, 2.45) is 16.7 Å². The van der Waals surface area contributed by atoms with Gasteiger partial charge < -0.3 is 0 Å². The monoisotopic (exact) mass is 230 g/mol. The third kappa shape index (κ3) is 5.26. The normalized spacial score (nSPS) is 11.2. The number of ketones is 1. The third-order valence-electron chi connectivity index (χ3n) is 2.58. The lowest BCUT2D eigenvalue weighted by Gasteiger charge is -2.31. The summed E-state index contributed by atoms with van der Waals surface area (Å²) in [5, 5.41) is 0. The molecule has 0 rings (SSSR count). The summed E-state index contributed by atoms with van der Waals surface area (Å²) >= 11 is 0. The molecule has 4 nitrogen and oxygen atoms in total. The number of hydrazine groups is 1. The van der Waals surface area contributed by atoms with Crippen molar-refractivity contribution in [1.29, 1.82) is 0 Å². The van der Waals surface area contributed by atoms with E-state index >= 15 is 0 Å². The molecular weight excluding hydrogens is 204 g/mol. The van der Waals surface area contributed by atoms with Crippen molar-refractivity contribution in [2.45, 2.75) is 54.9 Å². The zero-order chi connectivity index (χ0) is 13.6. The molecule has 0 spiro atoms. The molecule has 3 N–H and O–H groups in total. The highest BCUT2D eigenvalue weighted by atomic mass is 16.2. The standard InChI is InChI=1S/C10H20N2O2.C2H6/c1-7(13)9(2,3)6-10(4,5)8(14)12-11;1-2/h6,11H2,1-5H3,(H,12,14);1-2H3. The van der Waals surface area contributed by atoms with E-state index in [1.165, 1.54) is 6.92 Å². The number of amides is 1. The molecule has 0 heterocycles. The second-order valence-corrected chi connectivity index (χ2v) is 4.97. The van der Waals surface area contributed by atoms with E-state index in [1.807, 2.05) is 27.7 Å². The zero-order valence-corrected chi connectivity index (χ0v) is 11.6. The quantitative estimate of drug-likeness (QED) is 0.441. The Labute approximate surface area is 98.9 Å². The van der Waals surface area contributed by atoms with Gasteiger partial charge in [-0.05, 0) is 13.3 Å². The Bertz CT molecular complexity index is 245. The van der Waals surface area contributed by atoms with Gasteiger partial charge in [-0.2, -0.15) is 0 Å². The van der Waals surface area contributed by atoms with Gasteiger partial charge in [0.05, 0.1) is 0 Å². The molecule has 0 aromatic heterocycles. The molecule has 0 aliphatic rings. The van der Waals surface area contributed by atoms with Crippen LogP contribution in [0.15, 0.2) is 0 Å². The van der Waals surface area contributed by atoms with Gasteiger partial charge in [0.2, 0.25) is 5.91 Å². The van der Waals surface area contributed by atoms with Crippen molar-refractivity contribution >= 4 is 11.7 Å². The van der Waals surface area contributed by atoms with Crippen molar-refractivity contribution in [3.8, 4) is 0 Å². The number of nitrogens with two attached hydrogens (primary N) is 1. The first-order chi connectivity index (χ1) is 7.13. The molecule has 0 bridgehead atoms. The van der Waals surface area contributed by atoms with Crippen LogP contribution in [-0.4, -0.2) is 11.7 Å². The Morgan fingerprint density at radius 1 is 1.06 bits per heavy atom. The molecule has 16 heavy (non-hydrogen) atoms. The van der Waals surface area contributed by atoms with Gasteiger partial charge in [-0.25, -0.2) is 5.84 Å². The van der Waals surface area contributed by atoms with E-state index in [1.54, 1.807) is 13.8 Å². The molecule has 0 saturated heterocycles. The van der Waals surface area contributed by atoms with Crippen LogP contribution in [0, 0.1) is 10.8 Å². The van der Waals surface area contributed by atoms with Gasteiger partial charge >= 0.3 is 0 Å². The molecule has 0 aliphatic heterocycles. The Hall–Kier alpha value is -0.900. The van der Waals surface area contributed by atoms with Gasteiger partial charge in [0.15, 0.2) is 0 Å². The van der Waals surface area contributed by atoms with Crippen molar-refractivity contribution in [2.75, 3.05) is 0 Å². The number of hydrogen-bond acceptors (Lipinski definition) is 3. The van der Waals surface area contributed by atoms with Crippen LogP contribution in [0.25, 0.3) is 0 Å². The largest absolute Gasteiger partial charge is 0.299 e. The van der Waals surface area contributed by atoms with Crippen LogP contribution in [0.5, 0.6) is 0 Å². The first-order valence-corrected chi connectivity index (χ1v) is 5.65. The molecule has 0 aromatic rings. The SMILES string of the molecule is CC.CC(=O)C(C)(C)CC(C)(C)C(=O)NN. The highest BCUT2D eigenvalue weighted by Crippen LogP contribution is 2.34. The average molecular weight is 230 g/mol. The van der Waals surface area contributed by atoms with Crippen LogP contribution in [0.4, 0.5) is 0 Å². The van der Waals surface area contributed by atoms with Gasteiger partial charge in [-0.3, -0.25) is 15.0 Å². The second-order valence-electron chi connectivity index (χ2n) is 4.97. The van der Waals surface area contributed by atoms with Crippen molar-refractivity contribution in [1.82, 2.24) is 5.43 Å². The van der Waals surface area contributed by atoms with Gasteiger partial charge in [0, 0.05) is 10.8 Å². The molecule has 0 fully saturated rings. The number of hydrogen-bond donors (Lipinski definition) is 2. The maximum absolute atomic E-state index is 11.4. The number of carbonyl (C=O) groups is 2. The summed E-state index contributed by atoms with van der Waals surface area (Å²) in [6.45, 7) is 12.8. The lowest BCUT2D eigenvalue weighted by atomic mass is 9.73. The van der Waals surface area contributed by atoms with Gasteiger partial charge in [-0.15, -0.1) is 0 Å². The summed E-state index contributed by atoms with van der Waals surface area (Å²) in [4.78, 5) is 22.7. The minimum Gasteiger partial charge on any atom is -0.299 e. The molecule has 0 aromatic carbocycles. The average Bonchev–Trinajstić information content (AvgIpc) is 2.17. The number of rotatable bonds is 4. The summed E-state index contributed by atoms with van der Waals surface area (Å²) < 4.78 is 0. The lowest BCUT2D eigenvalue weighted by Crippen LogP contribution is -2.44. The van der Waals surface area contributed by atoms with E-state index in [-0.39, 0.29) is 11.7 Å². The number of nitrogens with one attached hydrogen (secondary N) is 1. The topological polar surface area (TPSA) is 72.2 Å². The summed E-state index contributed by atoms with van der Waals surface area (Å²) in [5.74, 6) is 4.90. The van der Waals surface area contributed by atoms with E-state index in [4.69, 9.17) is 5.84 Å². The zero-order valence-electron chi connectivity index (χ0n) is 11.6. The van der Waals surface area contributed by atoms with Gasteiger partial charge in [0.1, 0.15) is 5.78 Å². The van der Waals surface area contributed by atoms with Crippen LogP contribution in [0.3, 0.4) is 0 Å². The molecule has 0 radical (unpaired) electrons. The number of carbonyl (C=O) groups excluding carboxylic acids is 2. The molecule has 0 unspecified atom stereocenters. The summed E-state index contributed by atoms with van der Waals surface area (Å²) in [6, 6.07) is 0. The lowest BCUT2D eigenvalue weighted by molar-refractivity contribution is -0.134. The fraction of sp³-hybridized carbons (Fsp3) is 0.833. The fourth-order valence-electron chi connectivity index (χ4n) is 1.50. The van der Waals surface area contributed by atoms with Crippen LogP contribution in [0.2, 0.25) is 0 Å². The minimum atomic E-state index is -0.621. The summed E-state index contributed by atoms with van der Waals surface area (Å²) in [5.41, 5.74) is 1.01. The Morgan fingerprint density at radius 2 is 1.44 bits per heavy atom. The van der Waals surface area contributed by atoms with E-state index < -0.39 is 10.8 Å². The van der Waals surface area contributed by atoms with Crippen LogP contribution < -0.4 is 11.3 Å². The molecule has 4 heteroatoms. The highest BCUT2D eigenvalue weighted by molar-refractivity contribution is 5.85. The van der Waals surface area contributed by atoms with Crippen LogP contribution in [0.1, 0.15) is 54.9 Å². The van der Waals surface area contributed by atoms with Gasteiger partial charge in [0.25, 0.3) is 0 Å². The van der Waals surface area contributed by atoms with E-state index in [9.17, 15) is 9.59 Å². The Kier molecular flexibility index (Phi) is 7.25. The van der Waals surface area contributed by atoms with Crippen LogP contribution in [-0.2, 0) is 9.59 Å². The van der Waals surface area contributed by atoms with Crippen molar-refractivity contribution in [3.05, 3.63) is 0 Å². The predicted molar refractivity (Wildman–Crippen MR) is 66.5 cm³/mol. The minimum absolute atomic E-state index is 0.0791. The molecule has 0 saturated carbocycles. The molecule has 0 aliphatic carbocycles. The maximum Gasteiger partial charge on any atom is 0.239 e. The summed E-state index contributed by atoms with van der Waals surface area (Å²) in [6.07, 6.45) is 0.484. The molecule has 96 valence electrons. The highest BCUT2D eigenvalue weighted by Gasteiger charge is 2.36. The summed E-state index contributed by atoms with van der Waals surface area (Å²) in [7, 11) is 0. The third-order valence-corrected chi connectivity index (χ3v) is 2.58. The fourth-order valence-corrected chi connectivity index (χ4v) is 1.50. The Balaban J connectivity index is 0. The second kappa shape index (κ2) is 6.63.